The van der Waals surface area contributed by atoms with Crippen LogP contribution >= 0.6 is 0 Å². The summed E-state index contributed by atoms with van der Waals surface area (Å²) in [5.74, 6) is -1.16. The molecule has 3 atom stereocenters. The third-order valence-corrected chi connectivity index (χ3v) is 6.80. The van der Waals surface area contributed by atoms with E-state index in [-0.39, 0.29) is 5.84 Å². The molecule has 0 unspecified atom stereocenters. The van der Waals surface area contributed by atoms with Crippen LogP contribution in [0.3, 0.4) is 0 Å². The average Bonchev–Trinajstić information content (AvgIpc) is 3.00. The molecule has 1 spiro atoms. The topological polar surface area (TPSA) is 106 Å². The molecule has 0 aromatic heterocycles. The number of nitrogens with zero attached hydrogens (tertiary/aromatic N) is 2. The first kappa shape index (κ1) is 16.9. The highest BCUT2D eigenvalue weighted by molar-refractivity contribution is 5.97. The van der Waals surface area contributed by atoms with Crippen molar-refractivity contribution in [3.63, 3.8) is 0 Å². The lowest BCUT2D eigenvalue weighted by Gasteiger charge is -2.27. The standard InChI is InChI=1S/C22H18N4O2/c1-19(17-9-7-16(8-10-17)15-5-3-2-4-6-15)20(13-23)18(25)26-22(21(19,20)14-24)27-11-12-28-22/h2-10H,11-12H2,1H3,(H2,25,26)/p+1/t19-,20-,21+/m0/s1. The number of benzene rings is 2. The number of hydrogen-bond acceptors (Lipinski definition) is 5. The summed E-state index contributed by atoms with van der Waals surface area (Å²) in [6, 6.07) is 22.7. The maximum absolute atomic E-state index is 10.3. The van der Waals surface area contributed by atoms with E-state index in [0.29, 0.717) is 13.2 Å². The smallest absolute Gasteiger partial charge is 0.311 e. The molecule has 0 bridgehead atoms. The van der Waals surface area contributed by atoms with Gasteiger partial charge in [0, 0.05) is 0 Å². The molecule has 2 aromatic carbocycles. The first-order valence-electron chi connectivity index (χ1n) is 9.20. The summed E-state index contributed by atoms with van der Waals surface area (Å²) in [6.07, 6.45) is 0. The van der Waals surface area contributed by atoms with Crippen LogP contribution < -0.4 is 10.7 Å². The Morgan fingerprint density at radius 2 is 1.54 bits per heavy atom. The number of nitrogens with two attached hydrogens (primary N) is 1. The predicted octanol–water partition coefficient (Wildman–Crippen LogP) is 0.797. The first-order chi connectivity index (χ1) is 13.5. The molecule has 2 fully saturated rings. The van der Waals surface area contributed by atoms with E-state index < -0.39 is 22.2 Å². The highest BCUT2D eigenvalue weighted by atomic mass is 16.8. The zero-order valence-corrected chi connectivity index (χ0v) is 15.4. The zero-order valence-electron chi connectivity index (χ0n) is 15.4. The highest BCUT2D eigenvalue weighted by Crippen LogP contribution is 2.82. The van der Waals surface area contributed by atoms with Crippen molar-refractivity contribution in [1.82, 2.24) is 0 Å². The van der Waals surface area contributed by atoms with E-state index in [0.717, 1.165) is 16.7 Å². The molecular weight excluding hydrogens is 352 g/mol. The van der Waals surface area contributed by atoms with E-state index in [1.165, 1.54) is 0 Å². The number of ether oxygens (including phenoxy) is 2. The Labute approximate surface area is 162 Å². The molecule has 2 aliphatic heterocycles. The SMILES string of the molecule is C[C@]1(c2ccc(-c3ccccc3)cc2)[C@]2(C#N)C(N)=[NH+]C3(OCCO3)[C@@]21C#N. The second-order valence-corrected chi connectivity index (χ2v) is 7.64. The molecular formula is C22H19N4O2+. The van der Waals surface area contributed by atoms with Gasteiger partial charge >= 0.3 is 5.91 Å². The Bertz CT molecular complexity index is 1080. The van der Waals surface area contributed by atoms with Gasteiger partial charge in [0.25, 0.3) is 5.84 Å². The molecule has 1 saturated heterocycles. The van der Waals surface area contributed by atoms with E-state index in [9.17, 15) is 10.5 Å². The van der Waals surface area contributed by atoms with Crippen LogP contribution in [-0.2, 0) is 14.9 Å². The van der Waals surface area contributed by atoms with E-state index in [2.05, 4.69) is 17.1 Å². The van der Waals surface area contributed by atoms with Crippen LogP contribution in [0.5, 0.6) is 0 Å². The minimum atomic E-state index is -1.39. The summed E-state index contributed by atoms with van der Waals surface area (Å²) in [4.78, 5) is 2.98. The number of nitriles is 2. The van der Waals surface area contributed by atoms with Crippen LogP contribution in [0.15, 0.2) is 54.6 Å². The fraction of sp³-hybridized carbons (Fsp3) is 0.318. The largest absolute Gasteiger partial charge is 0.343 e. The fourth-order valence-corrected chi connectivity index (χ4v) is 5.42. The van der Waals surface area contributed by atoms with Crippen LogP contribution in [0, 0.1) is 33.5 Å². The van der Waals surface area contributed by atoms with Crippen molar-refractivity contribution in [2.45, 2.75) is 18.2 Å². The lowest BCUT2D eigenvalue weighted by molar-refractivity contribution is -0.677. The maximum atomic E-state index is 10.3. The van der Waals surface area contributed by atoms with Crippen molar-refractivity contribution in [3.05, 3.63) is 60.2 Å². The fourth-order valence-electron chi connectivity index (χ4n) is 5.42. The Kier molecular flexibility index (Phi) is 3.15. The van der Waals surface area contributed by atoms with Crippen molar-refractivity contribution >= 4 is 5.84 Å². The zero-order chi connectivity index (χ0) is 19.6. The van der Waals surface area contributed by atoms with Crippen molar-refractivity contribution in [2.75, 3.05) is 13.2 Å². The molecule has 3 N–H and O–H groups in total. The predicted molar refractivity (Wildman–Crippen MR) is 100 cm³/mol. The normalized spacial score (nSPS) is 34.3. The van der Waals surface area contributed by atoms with Gasteiger partial charge in [-0.3, -0.25) is 5.73 Å². The third kappa shape index (κ3) is 1.51. The Hall–Kier alpha value is -3.19. The molecule has 6 heteroatoms. The summed E-state index contributed by atoms with van der Waals surface area (Å²) >= 11 is 0. The monoisotopic (exact) mass is 371 g/mol. The van der Waals surface area contributed by atoms with Crippen LogP contribution in [0.2, 0.25) is 0 Å². The van der Waals surface area contributed by atoms with Gasteiger partial charge in [0.2, 0.25) is 0 Å². The third-order valence-electron chi connectivity index (χ3n) is 6.80. The van der Waals surface area contributed by atoms with Gasteiger partial charge in [-0.1, -0.05) is 61.5 Å². The lowest BCUT2D eigenvalue weighted by atomic mass is 9.84. The Morgan fingerprint density at radius 3 is 2.11 bits per heavy atom. The van der Waals surface area contributed by atoms with Gasteiger partial charge in [0.15, 0.2) is 10.8 Å². The molecule has 6 nitrogen and oxygen atoms in total. The molecule has 138 valence electrons. The summed E-state index contributed by atoms with van der Waals surface area (Å²) in [5, 5.41) is 20.4. The van der Waals surface area contributed by atoms with Gasteiger partial charge < -0.3 is 9.47 Å². The van der Waals surface area contributed by atoms with Crippen LogP contribution in [0.25, 0.3) is 11.1 Å². The van der Waals surface area contributed by atoms with E-state index in [4.69, 9.17) is 15.2 Å². The second kappa shape index (κ2) is 5.20. The van der Waals surface area contributed by atoms with Crippen LogP contribution in [0.1, 0.15) is 12.5 Å². The average molecular weight is 371 g/mol. The summed E-state index contributed by atoms with van der Waals surface area (Å²) in [5.41, 5.74) is 5.95. The molecule has 0 amide bonds. The molecule has 28 heavy (non-hydrogen) atoms. The lowest BCUT2D eigenvalue weighted by Crippen LogP contribution is -2.90. The first-order valence-corrected chi connectivity index (χ1v) is 9.20. The molecule has 2 aromatic rings. The van der Waals surface area contributed by atoms with Gasteiger partial charge in [-0.15, -0.1) is 0 Å². The maximum Gasteiger partial charge on any atom is 0.343 e. The van der Waals surface area contributed by atoms with Gasteiger partial charge in [0.05, 0.1) is 30.8 Å². The van der Waals surface area contributed by atoms with E-state index in [1.54, 1.807) is 0 Å². The molecule has 0 radical (unpaired) electrons. The van der Waals surface area contributed by atoms with Crippen LogP contribution in [-0.4, -0.2) is 25.0 Å². The quantitative estimate of drug-likeness (QED) is 0.812. The minimum absolute atomic E-state index is 0.230. The van der Waals surface area contributed by atoms with Crippen molar-refractivity contribution < 1.29 is 14.5 Å². The number of amidine groups is 1. The number of nitrogens with one attached hydrogen (secondary N) is 1. The number of rotatable bonds is 2. The van der Waals surface area contributed by atoms with Crippen molar-refractivity contribution in [3.8, 4) is 23.3 Å². The number of hydrogen-bond donors (Lipinski definition) is 2. The molecule has 5 rings (SSSR count). The van der Waals surface area contributed by atoms with Crippen molar-refractivity contribution in [2.24, 2.45) is 16.6 Å². The van der Waals surface area contributed by atoms with E-state index in [1.807, 2.05) is 61.5 Å². The van der Waals surface area contributed by atoms with Gasteiger partial charge in [0.1, 0.15) is 0 Å². The molecule has 3 aliphatic rings. The van der Waals surface area contributed by atoms with Gasteiger partial charge in [-0.05, 0) is 16.7 Å². The molecule has 1 saturated carbocycles. The molecule has 1 aliphatic carbocycles. The summed E-state index contributed by atoms with van der Waals surface area (Å²) < 4.78 is 11.7. The number of fused-ring (bicyclic) bond motifs is 2. The summed E-state index contributed by atoms with van der Waals surface area (Å²) in [7, 11) is 0. The van der Waals surface area contributed by atoms with E-state index >= 15 is 0 Å². The van der Waals surface area contributed by atoms with Crippen LogP contribution in [0.4, 0.5) is 0 Å². The van der Waals surface area contributed by atoms with Gasteiger partial charge in [-0.2, -0.15) is 10.5 Å². The van der Waals surface area contributed by atoms with Crippen molar-refractivity contribution in [1.29, 1.82) is 10.5 Å². The Balaban J connectivity index is 1.65. The summed E-state index contributed by atoms with van der Waals surface area (Å²) in [6.45, 7) is 2.58. The van der Waals surface area contributed by atoms with Gasteiger partial charge in [-0.25, -0.2) is 4.99 Å². The highest BCUT2D eigenvalue weighted by Gasteiger charge is 3.03. The molecule has 2 heterocycles. The Morgan fingerprint density at radius 1 is 0.929 bits per heavy atom. The second-order valence-electron chi connectivity index (χ2n) is 7.64. The minimum Gasteiger partial charge on any atom is -0.311 e.